The molecule has 7 nitrogen and oxygen atoms in total. The zero-order chi connectivity index (χ0) is 18.6. The molecular weight excluding hydrogens is 346 g/mol. The smallest absolute Gasteiger partial charge is 0.250 e. The molecule has 4 rings (SSSR count). The number of carbonyl (C=O) groups is 1. The highest BCUT2D eigenvalue weighted by Crippen LogP contribution is 2.32. The molecule has 1 amide bonds. The van der Waals surface area contributed by atoms with Gasteiger partial charge in [0.1, 0.15) is 12.6 Å². The first kappa shape index (κ1) is 17.9. The van der Waals surface area contributed by atoms with Crippen molar-refractivity contribution in [1.82, 2.24) is 14.5 Å². The highest BCUT2D eigenvalue weighted by Gasteiger charge is 2.44. The number of amides is 1. The first-order valence-corrected chi connectivity index (χ1v) is 9.29. The second-order valence-corrected chi connectivity index (χ2v) is 6.94. The zero-order valence-electron chi connectivity index (χ0n) is 15.1. The van der Waals surface area contributed by atoms with E-state index in [-0.39, 0.29) is 36.3 Å². The maximum atomic E-state index is 12.9. The Hall–Kier alpha value is -2.51. The summed E-state index contributed by atoms with van der Waals surface area (Å²) < 4.78 is 13.6. The van der Waals surface area contributed by atoms with E-state index < -0.39 is 0 Å². The van der Waals surface area contributed by atoms with Gasteiger partial charge in [0.15, 0.2) is 0 Å². The number of rotatable bonds is 5. The van der Waals surface area contributed by atoms with Crippen molar-refractivity contribution in [2.24, 2.45) is 0 Å². The highest BCUT2D eigenvalue weighted by atomic mass is 16.5. The number of ether oxygens (including phenoxy) is 2. The predicted octanol–water partition coefficient (Wildman–Crippen LogP) is 1.22. The van der Waals surface area contributed by atoms with Crippen molar-refractivity contribution in [2.75, 3.05) is 13.2 Å². The van der Waals surface area contributed by atoms with Gasteiger partial charge in [-0.3, -0.25) is 14.6 Å². The first-order chi connectivity index (χ1) is 13.2. The van der Waals surface area contributed by atoms with Crippen LogP contribution in [0.3, 0.4) is 0 Å². The molecule has 2 aromatic rings. The van der Waals surface area contributed by atoms with Gasteiger partial charge in [-0.25, -0.2) is 0 Å². The van der Waals surface area contributed by atoms with Gasteiger partial charge >= 0.3 is 0 Å². The van der Waals surface area contributed by atoms with Crippen LogP contribution in [0.25, 0.3) is 0 Å². The summed E-state index contributed by atoms with van der Waals surface area (Å²) in [6.45, 7) is 1.52. The van der Waals surface area contributed by atoms with Crippen molar-refractivity contribution in [1.29, 1.82) is 0 Å². The third-order valence-electron chi connectivity index (χ3n) is 5.27. The zero-order valence-corrected chi connectivity index (χ0v) is 15.1. The molecule has 2 bridgehead atoms. The van der Waals surface area contributed by atoms with E-state index in [1.54, 1.807) is 30.7 Å². The van der Waals surface area contributed by atoms with E-state index in [0.717, 1.165) is 18.4 Å². The van der Waals surface area contributed by atoms with Crippen LogP contribution in [0, 0.1) is 0 Å². The van der Waals surface area contributed by atoms with Gasteiger partial charge in [0, 0.05) is 31.2 Å². The van der Waals surface area contributed by atoms with Gasteiger partial charge in [-0.15, -0.1) is 0 Å². The second kappa shape index (κ2) is 8.02. The Labute approximate surface area is 157 Å². The summed E-state index contributed by atoms with van der Waals surface area (Å²) in [5.41, 5.74) is 0.870. The summed E-state index contributed by atoms with van der Waals surface area (Å²) in [5, 5.41) is 0. The van der Waals surface area contributed by atoms with Crippen molar-refractivity contribution in [3.8, 4) is 0 Å². The topological polar surface area (TPSA) is 73.7 Å². The highest BCUT2D eigenvalue weighted by molar-refractivity contribution is 5.76. The normalized spacial score (nSPS) is 24.6. The maximum absolute atomic E-state index is 12.9. The Kier molecular flexibility index (Phi) is 5.31. The van der Waals surface area contributed by atoms with Crippen LogP contribution in [0.15, 0.2) is 53.7 Å². The average molecular weight is 369 g/mol. The summed E-state index contributed by atoms with van der Waals surface area (Å²) in [4.78, 5) is 30.7. The molecule has 2 aromatic heterocycles. The fourth-order valence-corrected chi connectivity index (χ4v) is 3.92. The molecule has 3 heterocycles. The van der Waals surface area contributed by atoms with Gasteiger partial charge in [0.2, 0.25) is 5.91 Å². The van der Waals surface area contributed by atoms with Gasteiger partial charge in [0.05, 0.1) is 25.4 Å². The largest absolute Gasteiger partial charge is 0.374 e. The van der Waals surface area contributed by atoms with Crippen molar-refractivity contribution in [3.05, 3.63) is 64.8 Å². The quantitative estimate of drug-likeness (QED) is 0.792. The molecule has 0 unspecified atom stereocenters. The van der Waals surface area contributed by atoms with Gasteiger partial charge < -0.3 is 18.9 Å². The maximum Gasteiger partial charge on any atom is 0.250 e. The Morgan fingerprint density at radius 2 is 2.07 bits per heavy atom. The lowest BCUT2D eigenvalue weighted by atomic mass is 10.1. The van der Waals surface area contributed by atoms with Gasteiger partial charge in [-0.2, -0.15) is 0 Å². The van der Waals surface area contributed by atoms with E-state index in [1.165, 1.54) is 10.6 Å². The molecule has 27 heavy (non-hydrogen) atoms. The lowest BCUT2D eigenvalue weighted by Crippen LogP contribution is -2.48. The van der Waals surface area contributed by atoms with E-state index in [2.05, 4.69) is 4.98 Å². The Balaban J connectivity index is 1.47. The number of hydrogen-bond donors (Lipinski definition) is 0. The molecule has 1 saturated carbocycles. The molecule has 2 aliphatic rings. The lowest BCUT2D eigenvalue weighted by Gasteiger charge is -2.31. The number of nitrogens with zero attached hydrogens (tertiary/aromatic N) is 3. The molecule has 1 aliphatic heterocycles. The molecule has 0 aromatic carbocycles. The fraction of sp³-hybridized carbons (Fsp3) is 0.450. The van der Waals surface area contributed by atoms with Crippen LogP contribution in [0.2, 0.25) is 0 Å². The number of fused-ring (bicyclic) bond motifs is 2. The molecule has 0 spiro atoms. The molecule has 1 aliphatic carbocycles. The van der Waals surface area contributed by atoms with Crippen molar-refractivity contribution < 1.29 is 14.3 Å². The summed E-state index contributed by atoms with van der Waals surface area (Å²) >= 11 is 0. The summed E-state index contributed by atoms with van der Waals surface area (Å²) in [7, 11) is 0. The van der Waals surface area contributed by atoms with Crippen molar-refractivity contribution in [2.45, 2.75) is 44.2 Å². The predicted molar refractivity (Wildman–Crippen MR) is 98.0 cm³/mol. The summed E-state index contributed by atoms with van der Waals surface area (Å²) in [6.07, 6.45) is 6.70. The second-order valence-electron chi connectivity index (χ2n) is 6.94. The van der Waals surface area contributed by atoms with Crippen LogP contribution in [-0.4, -0.2) is 51.8 Å². The number of hydrogen-bond acceptors (Lipinski definition) is 5. The van der Waals surface area contributed by atoms with Crippen LogP contribution in [0.5, 0.6) is 0 Å². The van der Waals surface area contributed by atoms with E-state index >= 15 is 0 Å². The monoisotopic (exact) mass is 369 g/mol. The minimum Gasteiger partial charge on any atom is -0.374 e. The minimum atomic E-state index is -0.174. The van der Waals surface area contributed by atoms with Gasteiger partial charge in [-0.05, 0) is 36.6 Å². The molecule has 2 fully saturated rings. The number of aromatic nitrogens is 2. The molecule has 1 saturated heterocycles. The molecule has 0 N–H and O–H groups in total. The van der Waals surface area contributed by atoms with E-state index in [0.29, 0.717) is 19.8 Å². The van der Waals surface area contributed by atoms with Crippen LogP contribution >= 0.6 is 0 Å². The third-order valence-corrected chi connectivity index (χ3v) is 5.27. The van der Waals surface area contributed by atoms with Crippen LogP contribution < -0.4 is 5.56 Å². The molecule has 0 radical (unpaired) electrons. The van der Waals surface area contributed by atoms with Crippen LogP contribution in [-0.2, 0) is 27.4 Å². The Bertz CT molecular complexity index is 838. The third kappa shape index (κ3) is 3.94. The van der Waals surface area contributed by atoms with Crippen molar-refractivity contribution in [3.63, 3.8) is 0 Å². The minimum absolute atomic E-state index is 0.00841. The van der Waals surface area contributed by atoms with E-state index in [9.17, 15) is 9.59 Å². The van der Waals surface area contributed by atoms with E-state index in [4.69, 9.17) is 9.47 Å². The number of carbonyl (C=O) groups excluding carboxylic acids is 1. The van der Waals surface area contributed by atoms with E-state index in [1.807, 2.05) is 17.0 Å². The standard InChI is InChI=1S/C20H23N3O4/c24-18-3-1-2-10-22(18)13-19(25)23-11-12-26-17-5-4-16(23)20(17)27-14-15-6-8-21-9-7-15/h1-3,6-10,16-17,20H,4-5,11-14H2/t16-,17-,20-/m0/s1. The molecule has 3 atom stereocenters. The first-order valence-electron chi connectivity index (χ1n) is 9.29. The van der Waals surface area contributed by atoms with Crippen molar-refractivity contribution >= 4 is 5.91 Å². The van der Waals surface area contributed by atoms with Gasteiger partial charge in [-0.1, -0.05) is 6.07 Å². The van der Waals surface area contributed by atoms with Crippen LogP contribution in [0.1, 0.15) is 18.4 Å². The molecule has 142 valence electrons. The lowest BCUT2D eigenvalue weighted by molar-refractivity contribution is -0.136. The SMILES string of the molecule is O=C(Cn1ccccc1=O)N1CCO[C@H]2CC[C@H]1[C@@H]2OCc1ccncc1. The molecule has 7 heteroatoms. The fourth-order valence-electron chi connectivity index (χ4n) is 3.92. The summed E-state index contributed by atoms with van der Waals surface area (Å²) in [5.74, 6) is -0.0723. The summed E-state index contributed by atoms with van der Waals surface area (Å²) in [6, 6.07) is 8.71. The Morgan fingerprint density at radius 1 is 1.22 bits per heavy atom. The van der Waals surface area contributed by atoms with Gasteiger partial charge in [0.25, 0.3) is 5.56 Å². The Morgan fingerprint density at radius 3 is 2.89 bits per heavy atom. The average Bonchev–Trinajstić information content (AvgIpc) is 2.97. The van der Waals surface area contributed by atoms with Crippen LogP contribution in [0.4, 0.5) is 0 Å². The number of pyridine rings is 2. The molecular formula is C20H23N3O4.